The summed E-state index contributed by atoms with van der Waals surface area (Å²) in [5.74, 6) is 0. The molecule has 0 unspecified atom stereocenters. The lowest BCUT2D eigenvalue weighted by Crippen LogP contribution is -2.23. The SMILES string of the molecule is Br.N#CCCCc1ccccc1P(c1ccccc1)c1ccccc1. The van der Waals surface area contributed by atoms with E-state index >= 15 is 0 Å². The van der Waals surface area contributed by atoms with Gasteiger partial charge < -0.3 is 0 Å². The molecule has 126 valence electrons. The van der Waals surface area contributed by atoms with Gasteiger partial charge in [-0.15, -0.1) is 17.0 Å². The van der Waals surface area contributed by atoms with Gasteiger partial charge >= 0.3 is 0 Å². The molecule has 0 aliphatic carbocycles. The van der Waals surface area contributed by atoms with Crippen LogP contribution < -0.4 is 15.9 Å². The van der Waals surface area contributed by atoms with Crippen LogP contribution in [0.5, 0.6) is 0 Å². The first-order chi connectivity index (χ1) is 11.9. The maximum Gasteiger partial charge on any atom is 0.0621 e. The van der Waals surface area contributed by atoms with E-state index in [1.165, 1.54) is 21.5 Å². The fraction of sp³-hybridized carbons (Fsp3) is 0.136. The number of rotatable bonds is 6. The third-order valence-electron chi connectivity index (χ3n) is 4.00. The molecule has 25 heavy (non-hydrogen) atoms. The van der Waals surface area contributed by atoms with Crippen molar-refractivity contribution in [2.75, 3.05) is 0 Å². The molecule has 0 saturated heterocycles. The fourth-order valence-corrected chi connectivity index (χ4v) is 5.38. The topological polar surface area (TPSA) is 23.8 Å². The van der Waals surface area contributed by atoms with E-state index < -0.39 is 7.92 Å². The van der Waals surface area contributed by atoms with Gasteiger partial charge in [-0.05, 0) is 42.2 Å². The van der Waals surface area contributed by atoms with Gasteiger partial charge in [0.15, 0.2) is 0 Å². The molecule has 0 radical (unpaired) electrons. The summed E-state index contributed by atoms with van der Waals surface area (Å²) in [6.07, 6.45) is 2.49. The Bertz CT molecular complexity index is 773. The Morgan fingerprint density at radius 1 is 0.720 bits per heavy atom. The molecule has 0 aliphatic heterocycles. The summed E-state index contributed by atoms with van der Waals surface area (Å²) < 4.78 is 0. The second kappa shape index (κ2) is 10.1. The quantitative estimate of drug-likeness (QED) is 0.420. The zero-order valence-electron chi connectivity index (χ0n) is 14.0. The van der Waals surface area contributed by atoms with Gasteiger partial charge in [0.1, 0.15) is 0 Å². The van der Waals surface area contributed by atoms with E-state index in [1.807, 2.05) is 0 Å². The van der Waals surface area contributed by atoms with Crippen LogP contribution in [0.3, 0.4) is 0 Å². The average Bonchev–Trinajstić information content (AvgIpc) is 2.65. The molecule has 0 bridgehead atoms. The number of unbranched alkanes of at least 4 members (excludes halogenated alkanes) is 1. The summed E-state index contributed by atoms with van der Waals surface area (Å²) in [5.41, 5.74) is 1.37. The monoisotopic (exact) mass is 409 g/mol. The molecule has 3 heteroatoms. The zero-order chi connectivity index (χ0) is 16.6. The van der Waals surface area contributed by atoms with E-state index in [0.29, 0.717) is 6.42 Å². The highest BCUT2D eigenvalue weighted by molar-refractivity contribution is 8.93. The van der Waals surface area contributed by atoms with Gasteiger partial charge in [0.25, 0.3) is 0 Å². The molecule has 0 fully saturated rings. The van der Waals surface area contributed by atoms with E-state index in [2.05, 4.69) is 91.0 Å². The maximum atomic E-state index is 8.83. The van der Waals surface area contributed by atoms with Crippen molar-refractivity contribution in [3.63, 3.8) is 0 Å². The van der Waals surface area contributed by atoms with Crippen molar-refractivity contribution in [3.05, 3.63) is 90.5 Å². The van der Waals surface area contributed by atoms with Crippen LogP contribution in [-0.4, -0.2) is 0 Å². The first-order valence-corrected chi connectivity index (χ1v) is 9.59. The first-order valence-electron chi connectivity index (χ1n) is 8.25. The zero-order valence-corrected chi connectivity index (χ0v) is 16.6. The van der Waals surface area contributed by atoms with Gasteiger partial charge in [0.2, 0.25) is 0 Å². The molecule has 0 atom stereocenters. The van der Waals surface area contributed by atoms with Crippen LogP contribution in [0.4, 0.5) is 0 Å². The lowest BCUT2D eigenvalue weighted by Gasteiger charge is -2.22. The molecule has 1 nitrogen and oxygen atoms in total. The predicted molar refractivity (Wildman–Crippen MR) is 114 cm³/mol. The number of benzene rings is 3. The average molecular weight is 410 g/mol. The number of nitrogens with zero attached hydrogens (tertiary/aromatic N) is 1. The molecule has 0 N–H and O–H groups in total. The number of nitriles is 1. The van der Waals surface area contributed by atoms with E-state index in [9.17, 15) is 0 Å². The second-order valence-electron chi connectivity index (χ2n) is 5.65. The van der Waals surface area contributed by atoms with Gasteiger partial charge in [-0.3, -0.25) is 0 Å². The van der Waals surface area contributed by atoms with Gasteiger partial charge in [-0.1, -0.05) is 84.9 Å². The summed E-state index contributed by atoms with van der Waals surface area (Å²) in [6.45, 7) is 0. The molecule has 3 aromatic rings. The van der Waals surface area contributed by atoms with Crippen molar-refractivity contribution in [2.45, 2.75) is 19.3 Å². The van der Waals surface area contributed by atoms with Gasteiger partial charge in [0.05, 0.1) is 6.07 Å². The Kier molecular flexibility index (Phi) is 7.86. The van der Waals surface area contributed by atoms with Crippen LogP contribution in [0.2, 0.25) is 0 Å². The summed E-state index contributed by atoms with van der Waals surface area (Å²) in [5, 5.41) is 13.0. The highest BCUT2D eigenvalue weighted by Gasteiger charge is 2.18. The normalized spacial score (nSPS) is 10.1. The smallest absolute Gasteiger partial charge is 0.0621 e. The summed E-state index contributed by atoms with van der Waals surface area (Å²) in [4.78, 5) is 0. The Morgan fingerprint density at radius 3 is 1.80 bits per heavy atom. The lowest BCUT2D eigenvalue weighted by atomic mass is 10.1. The summed E-state index contributed by atoms with van der Waals surface area (Å²) >= 11 is 0. The van der Waals surface area contributed by atoms with E-state index in [-0.39, 0.29) is 17.0 Å². The summed E-state index contributed by atoms with van der Waals surface area (Å²) in [6, 6.07) is 32.5. The molecular weight excluding hydrogens is 389 g/mol. The van der Waals surface area contributed by atoms with E-state index in [1.54, 1.807) is 0 Å². The third-order valence-corrected chi connectivity index (χ3v) is 6.54. The molecule has 0 aromatic heterocycles. The van der Waals surface area contributed by atoms with E-state index in [4.69, 9.17) is 5.26 Å². The highest BCUT2D eigenvalue weighted by atomic mass is 79.9. The van der Waals surface area contributed by atoms with Crippen LogP contribution in [0.15, 0.2) is 84.9 Å². The fourth-order valence-electron chi connectivity index (χ4n) is 2.88. The van der Waals surface area contributed by atoms with Crippen molar-refractivity contribution >= 4 is 40.8 Å². The largest absolute Gasteiger partial charge is 0.198 e. The van der Waals surface area contributed by atoms with E-state index in [0.717, 1.165) is 12.8 Å². The van der Waals surface area contributed by atoms with Crippen LogP contribution >= 0.6 is 24.9 Å². The Hall–Kier alpha value is -1.94. The number of halogens is 1. The molecule has 0 amide bonds. The number of hydrogen-bond acceptors (Lipinski definition) is 1. The van der Waals surface area contributed by atoms with Crippen LogP contribution in [0.25, 0.3) is 0 Å². The summed E-state index contributed by atoms with van der Waals surface area (Å²) in [7, 11) is -0.571. The van der Waals surface area contributed by atoms with Crippen molar-refractivity contribution in [3.8, 4) is 6.07 Å². The highest BCUT2D eigenvalue weighted by Crippen LogP contribution is 2.34. The van der Waals surface area contributed by atoms with Gasteiger partial charge in [-0.25, -0.2) is 0 Å². The van der Waals surface area contributed by atoms with Gasteiger partial charge in [0, 0.05) is 6.42 Å². The van der Waals surface area contributed by atoms with Crippen LogP contribution in [0.1, 0.15) is 18.4 Å². The van der Waals surface area contributed by atoms with Crippen molar-refractivity contribution in [2.24, 2.45) is 0 Å². The molecule has 0 aliphatic rings. The molecule has 3 rings (SSSR count). The first kappa shape index (κ1) is 19.4. The standard InChI is InChI=1S/C22H20NP.BrH/c23-18-10-9-12-19-11-7-8-17-22(19)24(20-13-3-1-4-14-20)21-15-5-2-6-16-21;/h1-8,11,13-17H,9-10,12H2;1H. The number of aryl methyl sites for hydroxylation is 1. The minimum absolute atomic E-state index is 0. The van der Waals surface area contributed by atoms with Crippen molar-refractivity contribution in [1.29, 1.82) is 5.26 Å². The maximum absolute atomic E-state index is 8.83. The van der Waals surface area contributed by atoms with Crippen LogP contribution in [0, 0.1) is 11.3 Å². The second-order valence-corrected chi connectivity index (χ2v) is 7.83. The molecule has 3 aromatic carbocycles. The Balaban J connectivity index is 0.00000225. The minimum Gasteiger partial charge on any atom is -0.198 e. The van der Waals surface area contributed by atoms with Gasteiger partial charge in [-0.2, -0.15) is 5.26 Å². The Morgan fingerprint density at radius 2 is 1.24 bits per heavy atom. The minimum atomic E-state index is -0.571. The molecular formula is C22H21BrNP. The van der Waals surface area contributed by atoms with Crippen molar-refractivity contribution < 1.29 is 0 Å². The third kappa shape index (κ3) is 5.02. The molecule has 0 spiro atoms. The predicted octanol–water partition coefficient (Wildman–Crippen LogP) is 4.87. The Labute approximate surface area is 161 Å². The molecule has 0 heterocycles. The number of hydrogen-bond donors (Lipinski definition) is 0. The molecule has 0 saturated carbocycles. The lowest BCUT2D eigenvalue weighted by molar-refractivity contribution is 0.854. The van der Waals surface area contributed by atoms with Crippen molar-refractivity contribution in [1.82, 2.24) is 0 Å². The van der Waals surface area contributed by atoms with Crippen LogP contribution in [-0.2, 0) is 6.42 Å².